The minimum Gasteiger partial charge on any atom is -0.369 e. The molecule has 0 amide bonds. The van der Waals surface area contributed by atoms with Gasteiger partial charge in [-0.3, -0.25) is 0 Å². The molecule has 1 unspecified atom stereocenters. The third kappa shape index (κ3) is 3.91. The summed E-state index contributed by atoms with van der Waals surface area (Å²) in [5, 5.41) is 0. The Labute approximate surface area is 155 Å². The van der Waals surface area contributed by atoms with Gasteiger partial charge in [-0.15, -0.1) is 0 Å². The molecule has 0 aromatic heterocycles. The number of benzene rings is 2. The summed E-state index contributed by atoms with van der Waals surface area (Å²) in [6.45, 7) is 6.29. The van der Waals surface area contributed by atoms with E-state index < -0.39 is 10.0 Å². The van der Waals surface area contributed by atoms with E-state index in [1.165, 1.54) is 16.4 Å². The van der Waals surface area contributed by atoms with Gasteiger partial charge in [0.25, 0.3) is 0 Å². The molecule has 0 N–H and O–H groups in total. The lowest BCUT2D eigenvalue weighted by Gasteiger charge is -2.35. The summed E-state index contributed by atoms with van der Waals surface area (Å²) in [5.41, 5.74) is 2.08. The molecular weight excluding hydrogens is 351 g/mol. The second-order valence-corrected chi connectivity index (χ2v) is 8.68. The lowest BCUT2D eigenvalue weighted by atomic mass is 9.99. The maximum atomic E-state index is 13.1. The molecule has 2 aromatic carbocycles. The zero-order valence-corrected chi connectivity index (χ0v) is 16.0. The van der Waals surface area contributed by atoms with Crippen LogP contribution < -0.4 is 4.90 Å². The van der Waals surface area contributed by atoms with Crippen LogP contribution in [0.25, 0.3) is 0 Å². The van der Waals surface area contributed by atoms with Crippen molar-refractivity contribution in [3.05, 3.63) is 59.9 Å². The second-order valence-electron chi connectivity index (χ2n) is 6.75. The van der Waals surface area contributed by atoms with Gasteiger partial charge in [0.15, 0.2) is 0 Å². The predicted molar refractivity (Wildman–Crippen MR) is 103 cm³/mol. The van der Waals surface area contributed by atoms with E-state index in [-0.39, 0.29) is 5.82 Å². The number of halogens is 1. The van der Waals surface area contributed by atoms with Crippen LogP contribution in [0.15, 0.2) is 53.4 Å². The van der Waals surface area contributed by atoms with Crippen LogP contribution in [0.2, 0.25) is 0 Å². The first-order chi connectivity index (χ1) is 12.4. The molecule has 2 aromatic rings. The average molecular weight is 376 g/mol. The average Bonchev–Trinajstić information content (AvgIpc) is 2.68. The highest BCUT2D eigenvalue weighted by Gasteiger charge is 2.28. The fraction of sp³-hybridized carbons (Fsp3) is 0.400. The Morgan fingerprint density at radius 1 is 0.962 bits per heavy atom. The Bertz CT molecular complexity index is 827. The molecule has 0 bridgehead atoms. The van der Waals surface area contributed by atoms with Gasteiger partial charge in [-0.1, -0.05) is 26.0 Å². The smallest absolute Gasteiger partial charge is 0.243 e. The van der Waals surface area contributed by atoms with Crippen molar-refractivity contribution in [3.63, 3.8) is 0 Å². The molecule has 0 spiro atoms. The van der Waals surface area contributed by atoms with Gasteiger partial charge < -0.3 is 4.90 Å². The predicted octanol–water partition coefficient (Wildman–Crippen LogP) is 3.85. The van der Waals surface area contributed by atoms with Crippen molar-refractivity contribution in [1.82, 2.24) is 4.31 Å². The molecule has 1 atom stereocenters. The van der Waals surface area contributed by atoms with Crippen molar-refractivity contribution >= 4 is 15.7 Å². The summed E-state index contributed by atoms with van der Waals surface area (Å²) in [6.07, 6.45) is 1.03. The second kappa shape index (κ2) is 7.76. The minimum atomic E-state index is -3.48. The molecular formula is C20H25FN2O2S. The van der Waals surface area contributed by atoms with Crippen LogP contribution in [-0.4, -0.2) is 38.9 Å². The van der Waals surface area contributed by atoms with Crippen LogP contribution in [0, 0.1) is 5.82 Å². The maximum absolute atomic E-state index is 13.1. The standard InChI is InChI=1S/C20H25FN2O2S/c1-3-16(2)17-4-10-20(11-5-17)26(24,25)23-14-12-22(13-15-23)19-8-6-18(21)7-9-19/h4-11,16H,3,12-15H2,1-2H3. The van der Waals surface area contributed by atoms with Gasteiger partial charge in [-0.2, -0.15) is 4.31 Å². The summed E-state index contributed by atoms with van der Waals surface area (Å²) < 4.78 is 40.4. The molecule has 4 nitrogen and oxygen atoms in total. The van der Waals surface area contributed by atoms with Crippen LogP contribution in [-0.2, 0) is 10.0 Å². The van der Waals surface area contributed by atoms with E-state index >= 15 is 0 Å². The topological polar surface area (TPSA) is 40.6 Å². The monoisotopic (exact) mass is 376 g/mol. The van der Waals surface area contributed by atoms with Crippen molar-refractivity contribution in [3.8, 4) is 0 Å². The largest absolute Gasteiger partial charge is 0.369 e. The minimum absolute atomic E-state index is 0.268. The highest BCUT2D eigenvalue weighted by atomic mass is 32.2. The zero-order chi connectivity index (χ0) is 18.7. The summed E-state index contributed by atoms with van der Waals surface area (Å²) in [7, 11) is -3.48. The van der Waals surface area contributed by atoms with Crippen LogP contribution in [0.1, 0.15) is 31.7 Å². The summed E-state index contributed by atoms with van der Waals surface area (Å²) in [4.78, 5) is 2.43. The van der Waals surface area contributed by atoms with Crippen molar-refractivity contribution < 1.29 is 12.8 Å². The first-order valence-corrected chi connectivity index (χ1v) is 10.5. The summed E-state index contributed by atoms with van der Waals surface area (Å²) in [5.74, 6) is 0.154. The molecule has 0 radical (unpaired) electrons. The number of hydrogen-bond donors (Lipinski definition) is 0. The van der Waals surface area contributed by atoms with E-state index in [4.69, 9.17) is 0 Å². The lowest BCUT2D eigenvalue weighted by molar-refractivity contribution is 0.385. The molecule has 0 saturated carbocycles. The van der Waals surface area contributed by atoms with Gasteiger partial charge in [0.1, 0.15) is 5.82 Å². The number of anilines is 1. The molecule has 1 saturated heterocycles. The molecule has 1 aliphatic heterocycles. The first kappa shape index (κ1) is 18.9. The van der Waals surface area contributed by atoms with Crippen molar-refractivity contribution in [2.45, 2.75) is 31.1 Å². The van der Waals surface area contributed by atoms with Gasteiger partial charge in [0, 0.05) is 31.9 Å². The van der Waals surface area contributed by atoms with E-state index in [1.807, 2.05) is 12.1 Å². The quantitative estimate of drug-likeness (QED) is 0.796. The fourth-order valence-electron chi connectivity index (χ4n) is 3.19. The van der Waals surface area contributed by atoms with E-state index in [0.29, 0.717) is 37.0 Å². The van der Waals surface area contributed by atoms with Gasteiger partial charge in [-0.05, 0) is 54.3 Å². The van der Waals surface area contributed by atoms with E-state index in [1.54, 1.807) is 24.3 Å². The first-order valence-electron chi connectivity index (χ1n) is 9.02. The Morgan fingerprint density at radius 2 is 1.54 bits per heavy atom. The Balaban J connectivity index is 1.68. The number of hydrogen-bond acceptors (Lipinski definition) is 3. The molecule has 1 fully saturated rings. The normalized spacial score (nSPS) is 17.3. The van der Waals surface area contributed by atoms with Crippen molar-refractivity contribution in [1.29, 1.82) is 0 Å². The number of rotatable bonds is 5. The SMILES string of the molecule is CCC(C)c1ccc(S(=O)(=O)N2CCN(c3ccc(F)cc3)CC2)cc1. The lowest BCUT2D eigenvalue weighted by Crippen LogP contribution is -2.48. The fourth-order valence-corrected chi connectivity index (χ4v) is 4.61. The molecule has 140 valence electrons. The Kier molecular flexibility index (Phi) is 5.63. The molecule has 1 aliphatic rings. The van der Waals surface area contributed by atoms with Crippen LogP contribution in [0.4, 0.5) is 10.1 Å². The molecule has 6 heteroatoms. The highest BCUT2D eigenvalue weighted by Crippen LogP contribution is 2.24. The van der Waals surface area contributed by atoms with Crippen molar-refractivity contribution in [2.24, 2.45) is 0 Å². The third-order valence-corrected chi connectivity index (χ3v) is 7.04. The molecule has 26 heavy (non-hydrogen) atoms. The van der Waals surface area contributed by atoms with Gasteiger partial charge in [0.05, 0.1) is 4.90 Å². The number of sulfonamides is 1. The maximum Gasteiger partial charge on any atom is 0.243 e. The zero-order valence-electron chi connectivity index (χ0n) is 15.2. The van der Waals surface area contributed by atoms with Gasteiger partial charge in [-0.25, -0.2) is 12.8 Å². The number of piperazine rings is 1. The van der Waals surface area contributed by atoms with Crippen LogP contribution in [0.5, 0.6) is 0 Å². The molecule has 1 heterocycles. The van der Waals surface area contributed by atoms with Crippen LogP contribution in [0.3, 0.4) is 0 Å². The van der Waals surface area contributed by atoms with Crippen molar-refractivity contribution in [2.75, 3.05) is 31.1 Å². The highest BCUT2D eigenvalue weighted by molar-refractivity contribution is 7.89. The third-order valence-electron chi connectivity index (χ3n) is 5.13. The van der Waals surface area contributed by atoms with Gasteiger partial charge in [0.2, 0.25) is 10.0 Å². The Hall–Kier alpha value is -1.92. The Morgan fingerprint density at radius 3 is 2.08 bits per heavy atom. The molecule has 3 rings (SSSR count). The summed E-state index contributed by atoms with van der Waals surface area (Å²) in [6, 6.07) is 13.6. The number of nitrogens with zero attached hydrogens (tertiary/aromatic N) is 2. The van der Waals surface area contributed by atoms with E-state index in [9.17, 15) is 12.8 Å². The summed E-state index contributed by atoms with van der Waals surface area (Å²) >= 11 is 0. The van der Waals surface area contributed by atoms with Crippen LogP contribution >= 0.6 is 0 Å². The van der Waals surface area contributed by atoms with E-state index in [2.05, 4.69) is 18.7 Å². The molecule has 0 aliphatic carbocycles. The van der Waals surface area contributed by atoms with Gasteiger partial charge >= 0.3 is 0 Å². The van der Waals surface area contributed by atoms with E-state index in [0.717, 1.165) is 17.7 Å².